The molecule has 2 heterocycles. The molecule has 0 aliphatic carbocycles. The van der Waals surface area contributed by atoms with Crippen molar-refractivity contribution in [2.45, 2.75) is 25.1 Å². The van der Waals surface area contributed by atoms with Crippen LogP contribution in [0.1, 0.15) is 19.9 Å². The monoisotopic (exact) mass is 403 g/mol. The summed E-state index contributed by atoms with van der Waals surface area (Å²) in [5.41, 5.74) is 0.697. The van der Waals surface area contributed by atoms with E-state index in [4.69, 9.17) is 13.9 Å². The molecule has 10 heteroatoms. The Labute approximate surface area is 166 Å². The largest absolute Gasteiger partial charge is 0.493 e. The molecule has 0 fully saturated rings. The van der Waals surface area contributed by atoms with Crippen LogP contribution in [-0.4, -0.2) is 45.9 Å². The minimum absolute atomic E-state index is 0.136. The van der Waals surface area contributed by atoms with Gasteiger partial charge >= 0.3 is 0 Å². The van der Waals surface area contributed by atoms with Crippen LogP contribution < -0.4 is 14.8 Å². The molecule has 0 saturated heterocycles. The van der Waals surface area contributed by atoms with Crippen LogP contribution in [0.15, 0.2) is 40.1 Å². The van der Waals surface area contributed by atoms with Gasteiger partial charge in [0.1, 0.15) is 5.82 Å². The molecule has 0 aliphatic rings. The zero-order valence-electron chi connectivity index (χ0n) is 16.0. The molecule has 148 valence electrons. The molecule has 0 atom stereocenters. The number of anilines is 1. The Balaban J connectivity index is 1.62. The summed E-state index contributed by atoms with van der Waals surface area (Å²) in [6.07, 6.45) is 1.65. The first kappa shape index (κ1) is 19.7. The predicted molar refractivity (Wildman–Crippen MR) is 105 cm³/mol. The summed E-state index contributed by atoms with van der Waals surface area (Å²) < 4.78 is 17.9. The molecule has 2 aromatic heterocycles. The molecule has 3 rings (SSSR count). The highest BCUT2D eigenvalue weighted by atomic mass is 32.2. The van der Waals surface area contributed by atoms with E-state index in [-0.39, 0.29) is 17.7 Å². The molecular formula is C18H21N5O4S. The minimum Gasteiger partial charge on any atom is -0.493 e. The van der Waals surface area contributed by atoms with Crippen molar-refractivity contribution in [3.05, 3.63) is 30.5 Å². The van der Waals surface area contributed by atoms with E-state index in [9.17, 15) is 4.79 Å². The fraction of sp³-hybridized carbons (Fsp3) is 0.333. The number of hydrogen-bond donors (Lipinski definition) is 1. The summed E-state index contributed by atoms with van der Waals surface area (Å²) in [5, 5.41) is 15.3. The van der Waals surface area contributed by atoms with Crippen molar-refractivity contribution in [3.8, 4) is 23.0 Å². The van der Waals surface area contributed by atoms with Crippen molar-refractivity contribution in [3.63, 3.8) is 0 Å². The van der Waals surface area contributed by atoms with Crippen molar-refractivity contribution < 1.29 is 18.7 Å². The maximum Gasteiger partial charge on any atom is 0.277 e. The molecule has 1 amide bonds. The van der Waals surface area contributed by atoms with E-state index in [2.05, 4.69) is 20.6 Å². The topological polar surface area (TPSA) is 104 Å². The fourth-order valence-corrected chi connectivity index (χ4v) is 3.05. The lowest BCUT2D eigenvalue weighted by Crippen LogP contribution is -2.18. The molecule has 9 nitrogen and oxygen atoms in total. The van der Waals surface area contributed by atoms with Gasteiger partial charge < -0.3 is 19.2 Å². The van der Waals surface area contributed by atoms with Crippen LogP contribution in [-0.2, 0) is 4.79 Å². The number of nitrogens with zero attached hydrogens (tertiary/aromatic N) is 4. The Hall–Kier alpha value is -3.01. The van der Waals surface area contributed by atoms with Gasteiger partial charge in [-0.1, -0.05) is 11.8 Å². The number of benzene rings is 1. The van der Waals surface area contributed by atoms with Gasteiger partial charge in [-0.2, -0.15) is 5.10 Å². The van der Waals surface area contributed by atoms with Gasteiger partial charge in [-0.15, -0.1) is 10.2 Å². The van der Waals surface area contributed by atoms with E-state index < -0.39 is 0 Å². The average Bonchev–Trinajstić information content (AvgIpc) is 3.35. The summed E-state index contributed by atoms with van der Waals surface area (Å²) >= 11 is 1.16. The van der Waals surface area contributed by atoms with Crippen LogP contribution >= 0.6 is 11.8 Å². The second-order valence-corrected chi connectivity index (χ2v) is 6.96. The van der Waals surface area contributed by atoms with E-state index in [1.165, 1.54) is 0 Å². The smallest absolute Gasteiger partial charge is 0.277 e. The molecule has 0 bridgehead atoms. The van der Waals surface area contributed by atoms with Crippen LogP contribution in [0.3, 0.4) is 0 Å². The highest BCUT2D eigenvalue weighted by Crippen LogP contribution is 2.32. The Bertz CT molecular complexity index is 953. The summed E-state index contributed by atoms with van der Waals surface area (Å²) in [7, 11) is 3.12. The fourth-order valence-electron chi connectivity index (χ4n) is 2.48. The van der Waals surface area contributed by atoms with Gasteiger partial charge in [-0.25, -0.2) is 4.68 Å². The van der Waals surface area contributed by atoms with Gasteiger partial charge in [0, 0.05) is 17.7 Å². The summed E-state index contributed by atoms with van der Waals surface area (Å²) in [4.78, 5) is 12.2. The third kappa shape index (κ3) is 4.45. The highest BCUT2D eigenvalue weighted by molar-refractivity contribution is 7.99. The molecule has 0 unspecified atom stereocenters. The number of methoxy groups -OCH3 is 2. The molecular weight excluding hydrogens is 382 g/mol. The zero-order chi connectivity index (χ0) is 20.1. The first-order valence-electron chi connectivity index (χ1n) is 8.54. The maximum absolute atomic E-state index is 12.2. The highest BCUT2D eigenvalue weighted by Gasteiger charge is 2.15. The summed E-state index contributed by atoms with van der Waals surface area (Å²) in [6.45, 7) is 3.98. The second kappa shape index (κ2) is 8.79. The van der Waals surface area contributed by atoms with Gasteiger partial charge in [0.25, 0.3) is 5.22 Å². The SMILES string of the molecule is COc1ccc(-c2nnc(SCC(=O)Nc3ccnn3C(C)C)o2)cc1OC. The number of nitrogens with one attached hydrogen (secondary N) is 1. The molecule has 1 aromatic carbocycles. The van der Waals surface area contributed by atoms with E-state index in [1.54, 1.807) is 49.4 Å². The van der Waals surface area contributed by atoms with Crippen molar-refractivity contribution in [2.75, 3.05) is 25.3 Å². The van der Waals surface area contributed by atoms with Crippen LogP contribution in [0.25, 0.3) is 11.5 Å². The summed E-state index contributed by atoms with van der Waals surface area (Å²) in [5.74, 6) is 2.11. The number of aromatic nitrogens is 4. The molecule has 0 spiro atoms. The van der Waals surface area contributed by atoms with Crippen molar-refractivity contribution >= 4 is 23.5 Å². The molecule has 3 aromatic rings. The Morgan fingerprint density at radius 2 is 2.00 bits per heavy atom. The number of ether oxygens (including phenoxy) is 2. The van der Waals surface area contributed by atoms with Gasteiger partial charge in [0.05, 0.1) is 26.2 Å². The molecule has 0 saturated carbocycles. The molecule has 28 heavy (non-hydrogen) atoms. The Morgan fingerprint density at radius 1 is 1.21 bits per heavy atom. The predicted octanol–water partition coefficient (Wildman–Crippen LogP) is 3.26. The quantitative estimate of drug-likeness (QED) is 0.572. The number of thioether (sulfide) groups is 1. The minimum atomic E-state index is -0.182. The number of hydrogen-bond acceptors (Lipinski definition) is 8. The van der Waals surface area contributed by atoms with E-state index in [0.29, 0.717) is 34.0 Å². The van der Waals surface area contributed by atoms with E-state index >= 15 is 0 Å². The third-order valence-electron chi connectivity index (χ3n) is 3.79. The van der Waals surface area contributed by atoms with Gasteiger partial charge in [-0.05, 0) is 32.0 Å². The average molecular weight is 403 g/mol. The van der Waals surface area contributed by atoms with Crippen LogP contribution in [0.5, 0.6) is 11.5 Å². The second-order valence-electron chi connectivity index (χ2n) is 6.03. The molecule has 0 radical (unpaired) electrons. The van der Waals surface area contributed by atoms with Gasteiger partial charge in [-0.3, -0.25) is 4.79 Å². The van der Waals surface area contributed by atoms with Crippen molar-refractivity contribution in [1.29, 1.82) is 0 Å². The number of carbonyl (C=O) groups is 1. The first-order valence-corrected chi connectivity index (χ1v) is 9.52. The van der Waals surface area contributed by atoms with Crippen molar-refractivity contribution in [1.82, 2.24) is 20.0 Å². The standard InChI is InChI=1S/C18H21N5O4S/c1-11(2)23-15(7-8-19-23)20-16(24)10-28-18-22-21-17(27-18)12-5-6-13(25-3)14(9-12)26-4/h5-9,11H,10H2,1-4H3,(H,20,24). The maximum atomic E-state index is 12.2. The lowest BCUT2D eigenvalue weighted by atomic mass is 10.2. The van der Waals surface area contributed by atoms with Crippen LogP contribution in [0, 0.1) is 0 Å². The van der Waals surface area contributed by atoms with Crippen LogP contribution in [0.4, 0.5) is 5.82 Å². The van der Waals surface area contributed by atoms with Gasteiger partial charge in [0.2, 0.25) is 11.8 Å². The Morgan fingerprint density at radius 3 is 2.71 bits per heavy atom. The molecule has 0 aliphatic heterocycles. The third-order valence-corrected chi connectivity index (χ3v) is 4.61. The lowest BCUT2D eigenvalue weighted by Gasteiger charge is -2.11. The Kier molecular flexibility index (Phi) is 6.19. The molecule has 1 N–H and O–H groups in total. The lowest BCUT2D eigenvalue weighted by molar-refractivity contribution is -0.113. The van der Waals surface area contributed by atoms with Crippen LogP contribution in [0.2, 0.25) is 0 Å². The summed E-state index contributed by atoms with van der Waals surface area (Å²) in [6, 6.07) is 7.21. The number of amides is 1. The zero-order valence-corrected chi connectivity index (χ0v) is 16.8. The number of carbonyl (C=O) groups excluding carboxylic acids is 1. The van der Waals surface area contributed by atoms with Gasteiger partial charge in [0.15, 0.2) is 11.5 Å². The first-order chi connectivity index (χ1) is 13.5. The van der Waals surface area contributed by atoms with E-state index in [1.807, 2.05) is 13.8 Å². The van der Waals surface area contributed by atoms with Crippen molar-refractivity contribution in [2.24, 2.45) is 0 Å². The van der Waals surface area contributed by atoms with E-state index in [0.717, 1.165) is 11.8 Å². The normalized spacial score (nSPS) is 10.9. The number of rotatable bonds is 8.